The number of hydrogen-bond donors (Lipinski definition) is 2. The molecule has 17 heavy (non-hydrogen) atoms. The van der Waals surface area contributed by atoms with Crippen LogP contribution in [0.25, 0.3) is 0 Å². The lowest BCUT2D eigenvalue weighted by Gasteiger charge is -2.28. The van der Waals surface area contributed by atoms with Crippen LogP contribution in [0.2, 0.25) is 0 Å². The van der Waals surface area contributed by atoms with Gasteiger partial charge in [0.15, 0.2) is 5.82 Å². The third-order valence-electron chi connectivity index (χ3n) is 2.61. The van der Waals surface area contributed by atoms with E-state index in [9.17, 15) is 4.79 Å². The maximum absolute atomic E-state index is 11.0. The van der Waals surface area contributed by atoms with Crippen LogP contribution in [0.5, 0.6) is 5.88 Å². The first-order valence-corrected chi connectivity index (χ1v) is 5.33. The summed E-state index contributed by atoms with van der Waals surface area (Å²) in [5, 5.41) is 20.0. The Morgan fingerprint density at radius 1 is 1.47 bits per heavy atom. The zero-order chi connectivity index (χ0) is 12.3. The Kier molecular flexibility index (Phi) is 3.38. The summed E-state index contributed by atoms with van der Waals surface area (Å²) < 4.78 is 4.86. The molecule has 92 valence electrons. The van der Waals surface area contributed by atoms with Gasteiger partial charge in [-0.05, 0) is 0 Å². The zero-order valence-corrected chi connectivity index (χ0v) is 9.51. The highest BCUT2D eigenvalue weighted by molar-refractivity contribution is 5.90. The highest BCUT2D eigenvalue weighted by Crippen LogP contribution is 2.19. The molecule has 7 nitrogen and oxygen atoms in total. The number of carboxylic acids is 1. The maximum atomic E-state index is 11.0. The Bertz CT molecular complexity index is 418. The molecule has 7 heteroatoms. The third-order valence-corrected chi connectivity index (χ3v) is 2.61. The predicted molar refractivity (Wildman–Crippen MR) is 60.6 cm³/mol. The normalized spacial score (nSPS) is 15.7. The third kappa shape index (κ3) is 2.44. The van der Waals surface area contributed by atoms with Crippen molar-refractivity contribution in [2.75, 3.05) is 38.2 Å². The number of piperazine rings is 1. The first-order chi connectivity index (χ1) is 8.22. The summed E-state index contributed by atoms with van der Waals surface area (Å²) in [7, 11) is 1.38. The Morgan fingerprint density at radius 3 is 2.76 bits per heavy atom. The highest BCUT2D eigenvalue weighted by Gasteiger charge is 2.18. The van der Waals surface area contributed by atoms with E-state index in [0.717, 1.165) is 26.2 Å². The lowest BCUT2D eigenvalue weighted by molar-refractivity contribution is 0.0692. The van der Waals surface area contributed by atoms with Gasteiger partial charge in [-0.25, -0.2) is 4.79 Å². The fourth-order valence-electron chi connectivity index (χ4n) is 1.72. The number of anilines is 1. The molecule has 1 aliphatic rings. The van der Waals surface area contributed by atoms with Crippen molar-refractivity contribution in [3.8, 4) is 5.88 Å². The average Bonchev–Trinajstić information content (AvgIpc) is 2.39. The molecule has 0 saturated carbocycles. The van der Waals surface area contributed by atoms with Gasteiger partial charge in [0.1, 0.15) is 5.56 Å². The minimum absolute atomic E-state index is 0.0380. The minimum atomic E-state index is -1.06. The van der Waals surface area contributed by atoms with Crippen molar-refractivity contribution in [1.29, 1.82) is 0 Å². The summed E-state index contributed by atoms with van der Waals surface area (Å²) in [5.74, 6) is -0.450. The first kappa shape index (κ1) is 11.6. The number of rotatable bonds is 3. The SMILES string of the molecule is COc1nnc(N2CCNCC2)cc1C(=O)O. The molecule has 2 rings (SSSR count). The van der Waals surface area contributed by atoms with Crippen LogP contribution in [0.15, 0.2) is 6.07 Å². The number of methoxy groups -OCH3 is 1. The molecule has 0 atom stereocenters. The molecule has 0 amide bonds. The molecule has 0 unspecified atom stereocenters. The number of nitrogens with zero attached hydrogens (tertiary/aromatic N) is 3. The van der Waals surface area contributed by atoms with Crippen molar-refractivity contribution < 1.29 is 14.6 Å². The van der Waals surface area contributed by atoms with Crippen molar-refractivity contribution >= 4 is 11.8 Å². The number of carbonyl (C=O) groups is 1. The summed E-state index contributed by atoms with van der Waals surface area (Å²) in [4.78, 5) is 13.0. The van der Waals surface area contributed by atoms with Crippen molar-refractivity contribution in [2.24, 2.45) is 0 Å². The number of nitrogens with one attached hydrogen (secondary N) is 1. The van der Waals surface area contributed by atoms with E-state index in [1.807, 2.05) is 4.90 Å². The molecule has 0 aromatic carbocycles. The van der Waals surface area contributed by atoms with Gasteiger partial charge < -0.3 is 20.1 Å². The van der Waals surface area contributed by atoms with Crippen LogP contribution >= 0.6 is 0 Å². The molecule has 1 aromatic rings. The van der Waals surface area contributed by atoms with Gasteiger partial charge in [0, 0.05) is 32.2 Å². The molecule has 1 fully saturated rings. The zero-order valence-electron chi connectivity index (χ0n) is 9.51. The minimum Gasteiger partial charge on any atom is -0.479 e. The van der Waals surface area contributed by atoms with Crippen molar-refractivity contribution in [3.63, 3.8) is 0 Å². The predicted octanol–water partition coefficient (Wildman–Crippen LogP) is -0.407. The molecule has 1 saturated heterocycles. The van der Waals surface area contributed by atoms with E-state index in [1.165, 1.54) is 13.2 Å². The smallest absolute Gasteiger partial charge is 0.341 e. The molecule has 0 bridgehead atoms. The number of aromatic nitrogens is 2. The fraction of sp³-hybridized carbons (Fsp3) is 0.500. The monoisotopic (exact) mass is 238 g/mol. The number of ether oxygens (including phenoxy) is 1. The lowest BCUT2D eigenvalue weighted by Crippen LogP contribution is -2.44. The van der Waals surface area contributed by atoms with E-state index in [0.29, 0.717) is 5.82 Å². The van der Waals surface area contributed by atoms with E-state index in [4.69, 9.17) is 9.84 Å². The van der Waals surface area contributed by atoms with Crippen LogP contribution in [0.3, 0.4) is 0 Å². The van der Waals surface area contributed by atoms with E-state index >= 15 is 0 Å². The van der Waals surface area contributed by atoms with Crippen LogP contribution < -0.4 is 15.0 Å². The van der Waals surface area contributed by atoms with Gasteiger partial charge in [0.05, 0.1) is 7.11 Å². The van der Waals surface area contributed by atoms with E-state index in [1.54, 1.807) is 0 Å². The van der Waals surface area contributed by atoms with Crippen LogP contribution in [-0.2, 0) is 0 Å². The molecule has 1 aromatic heterocycles. The molecular weight excluding hydrogens is 224 g/mol. The Labute approximate surface area is 98.4 Å². The Hall–Kier alpha value is -1.89. The van der Waals surface area contributed by atoms with Gasteiger partial charge in [-0.15, -0.1) is 10.2 Å². The average molecular weight is 238 g/mol. The summed E-state index contributed by atoms with van der Waals surface area (Å²) in [6.45, 7) is 3.30. The van der Waals surface area contributed by atoms with Crippen molar-refractivity contribution in [3.05, 3.63) is 11.6 Å². The van der Waals surface area contributed by atoms with Gasteiger partial charge in [-0.2, -0.15) is 0 Å². The van der Waals surface area contributed by atoms with Crippen molar-refractivity contribution in [2.45, 2.75) is 0 Å². The van der Waals surface area contributed by atoms with Gasteiger partial charge in [-0.1, -0.05) is 0 Å². The second-order valence-corrected chi connectivity index (χ2v) is 3.67. The van der Waals surface area contributed by atoms with Crippen LogP contribution in [-0.4, -0.2) is 54.6 Å². The van der Waals surface area contributed by atoms with Gasteiger partial charge in [0.2, 0.25) is 5.88 Å². The van der Waals surface area contributed by atoms with Gasteiger partial charge >= 0.3 is 5.97 Å². The van der Waals surface area contributed by atoms with Crippen LogP contribution in [0, 0.1) is 0 Å². The van der Waals surface area contributed by atoms with Gasteiger partial charge in [0.25, 0.3) is 0 Å². The second-order valence-electron chi connectivity index (χ2n) is 3.67. The summed E-state index contributed by atoms with van der Waals surface area (Å²) in [6.07, 6.45) is 0. The molecule has 0 aliphatic carbocycles. The van der Waals surface area contributed by atoms with E-state index in [2.05, 4.69) is 15.5 Å². The summed E-state index contributed by atoms with van der Waals surface area (Å²) >= 11 is 0. The molecular formula is C10H14N4O3. The van der Waals surface area contributed by atoms with E-state index < -0.39 is 5.97 Å². The second kappa shape index (κ2) is 4.96. The molecule has 2 N–H and O–H groups in total. The lowest BCUT2D eigenvalue weighted by atomic mass is 10.2. The fourth-order valence-corrected chi connectivity index (χ4v) is 1.72. The number of carboxylic acid groups (broad SMARTS) is 1. The number of hydrogen-bond acceptors (Lipinski definition) is 6. The van der Waals surface area contributed by atoms with Crippen molar-refractivity contribution in [1.82, 2.24) is 15.5 Å². The molecule has 2 heterocycles. The van der Waals surface area contributed by atoms with Crippen LogP contribution in [0.4, 0.5) is 5.82 Å². The highest BCUT2D eigenvalue weighted by atomic mass is 16.5. The van der Waals surface area contributed by atoms with E-state index in [-0.39, 0.29) is 11.4 Å². The summed E-state index contributed by atoms with van der Waals surface area (Å²) in [5.41, 5.74) is 0.0380. The Balaban J connectivity index is 2.29. The Morgan fingerprint density at radius 2 is 2.18 bits per heavy atom. The first-order valence-electron chi connectivity index (χ1n) is 5.33. The standard InChI is InChI=1S/C10H14N4O3/c1-17-9-7(10(15)16)6-8(12-13-9)14-4-2-11-3-5-14/h6,11H,2-5H2,1H3,(H,15,16). The molecule has 0 radical (unpaired) electrons. The topological polar surface area (TPSA) is 87.6 Å². The molecule has 0 spiro atoms. The quantitative estimate of drug-likeness (QED) is 0.740. The molecule has 1 aliphatic heterocycles. The largest absolute Gasteiger partial charge is 0.479 e. The summed E-state index contributed by atoms with van der Waals surface area (Å²) in [6, 6.07) is 1.50. The van der Waals surface area contributed by atoms with Gasteiger partial charge in [-0.3, -0.25) is 0 Å². The maximum Gasteiger partial charge on any atom is 0.341 e. The number of aromatic carboxylic acids is 1. The van der Waals surface area contributed by atoms with Crippen LogP contribution in [0.1, 0.15) is 10.4 Å².